The molecule has 7 heteroatoms. The Morgan fingerprint density at radius 2 is 0.746 bits per heavy atom. The van der Waals surface area contributed by atoms with Crippen molar-refractivity contribution >= 4 is 12.9 Å². The molecule has 0 bridgehead atoms. The van der Waals surface area contributed by atoms with Crippen molar-refractivity contribution in [2.75, 3.05) is 0 Å². The van der Waals surface area contributed by atoms with Crippen molar-refractivity contribution in [1.82, 2.24) is 9.97 Å². The first-order valence-corrected chi connectivity index (χ1v) is 22.6. The summed E-state index contributed by atoms with van der Waals surface area (Å²) in [4.78, 5) is 9.61. The summed E-state index contributed by atoms with van der Waals surface area (Å²) in [7, 11) is 0.296. The summed E-state index contributed by atoms with van der Waals surface area (Å²) < 4.78 is 33.7. The van der Waals surface area contributed by atoms with Gasteiger partial charge in [0.25, 0.3) is 0 Å². The highest BCUT2D eigenvalue weighted by Crippen LogP contribution is 2.39. The molecule has 330 valence electrons. The van der Waals surface area contributed by atoms with E-state index < -0.39 is 11.2 Å². The Labute approximate surface area is 393 Å². The molecule has 0 saturated heterocycles. The van der Waals surface area contributed by atoms with Crippen LogP contribution in [0.1, 0.15) is 38.8 Å². The van der Waals surface area contributed by atoms with Gasteiger partial charge in [0.2, 0.25) is 0 Å². The molecule has 0 unspecified atom stereocenters. The van der Waals surface area contributed by atoms with E-state index in [1.54, 1.807) is 38.1 Å². The Morgan fingerprint density at radius 1 is 0.418 bits per heavy atom. The molecule has 0 saturated carbocycles. The van der Waals surface area contributed by atoms with E-state index in [0.717, 1.165) is 106 Å². The summed E-state index contributed by atoms with van der Waals surface area (Å²) in [5, 5.41) is 11.0. The SMILES string of the molecule is Cc1cc(-c2ccc(-c3ccccc3-c3cc(BOC(C)(C)C(C)(C)O)cc(-c4ccccc4-c4ccc(-c5cc(C)c(-c6ccc(F)cc6)cn5)cc4)c3)cc2)ncc1-c1ccc(F)cc1. The van der Waals surface area contributed by atoms with Crippen LogP contribution in [0.2, 0.25) is 0 Å². The van der Waals surface area contributed by atoms with Crippen LogP contribution in [0.5, 0.6) is 0 Å². The normalized spacial score (nSPS) is 11.7. The molecule has 0 fully saturated rings. The average Bonchev–Trinajstić information content (AvgIpc) is 3.34. The third-order valence-electron chi connectivity index (χ3n) is 13.1. The van der Waals surface area contributed by atoms with Crippen LogP contribution in [0.15, 0.2) is 188 Å². The monoisotopic (exact) mass is 880 g/mol. The lowest BCUT2D eigenvalue weighted by Crippen LogP contribution is -2.49. The van der Waals surface area contributed by atoms with Gasteiger partial charge < -0.3 is 9.76 Å². The molecule has 67 heavy (non-hydrogen) atoms. The minimum Gasteiger partial charge on any atom is -0.427 e. The van der Waals surface area contributed by atoms with E-state index in [0.29, 0.717) is 7.48 Å². The summed E-state index contributed by atoms with van der Waals surface area (Å²) in [6.07, 6.45) is 3.73. The average molecular weight is 881 g/mol. The smallest absolute Gasteiger partial charge is 0.309 e. The fourth-order valence-corrected chi connectivity index (χ4v) is 8.43. The summed E-state index contributed by atoms with van der Waals surface area (Å²) in [5.74, 6) is -0.522. The number of benzene rings is 7. The Hall–Kier alpha value is -7.32. The standard InChI is InChI=1S/C60H51BF2N2O2/c1-38-31-57(64-36-55(38)42-23-27-49(62)28-24-42)44-19-15-40(16-20-44)51-11-7-9-13-53(51)46-33-47(35-48(34-46)61-67-60(5,6)59(3,4)66)54-14-10-8-12-52(54)41-17-21-45(22-18-41)58-32-39(2)56(37-65-58)43-25-29-50(63)30-26-43/h7-37,61,66H,1-6H3. The highest BCUT2D eigenvalue weighted by molar-refractivity contribution is 6.47. The van der Waals surface area contributed by atoms with Gasteiger partial charge in [-0.2, -0.15) is 0 Å². The van der Waals surface area contributed by atoms with E-state index >= 15 is 0 Å². The third-order valence-corrected chi connectivity index (χ3v) is 13.1. The Morgan fingerprint density at radius 3 is 1.10 bits per heavy atom. The van der Waals surface area contributed by atoms with E-state index in [9.17, 15) is 13.9 Å². The van der Waals surface area contributed by atoms with Crippen molar-refractivity contribution in [3.63, 3.8) is 0 Å². The van der Waals surface area contributed by atoms with Gasteiger partial charge >= 0.3 is 7.48 Å². The number of rotatable bonds is 12. The second-order valence-electron chi connectivity index (χ2n) is 18.3. The molecule has 9 rings (SSSR count). The lowest BCUT2D eigenvalue weighted by molar-refractivity contribution is -0.0893. The second-order valence-corrected chi connectivity index (χ2v) is 18.3. The predicted molar refractivity (Wildman–Crippen MR) is 273 cm³/mol. The molecule has 0 aliphatic heterocycles. The van der Waals surface area contributed by atoms with E-state index in [2.05, 4.69) is 141 Å². The van der Waals surface area contributed by atoms with Crippen molar-refractivity contribution in [3.05, 3.63) is 211 Å². The molecule has 0 aliphatic rings. The topological polar surface area (TPSA) is 55.2 Å². The van der Waals surface area contributed by atoms with Crippen LogP contribution >= 0.6 is 0 Å². The van der Waals surface area contributed by atoms with Crippen LogP contribution < -0.4 is 5.46 Å². The highest BCUT2D eigenvalue weighted by Gasteiger charge is 2.35. The van der Waals surface area contributed by atoms with E-state index in [1.807, 2.05) is 26.2 Å². The highest BCUT2D eigenvalue weighted by atomic mass is 19.1. The number of aryl methyl sites for hydroxylation is 2. The van der Waals surface area contributed by atoms with Crippen LogP contribution in [-0.4, -0.2) is 33.8 Å². The first-order valence-electron chi connectivity index (χ1n) is 22.6. The molecule has 4 nitrogen and oxygen atoms in total. The van der Waals surface area contributed by atoms with Gasteiger partial charge in [-0.3, -0.25) is 9.97 Å². The number of halogens is 2. The van der Waals surface area contributed by atoms with Gasteiger partial charge in [-0.1, -0.05) is 139 Å². The van der Waals surface area contributed by atoms with E-state index in [-0.39, 0.29) is 11.6 Å². The molecule has 1 N–H and O–H groups in total. The van der Waals surface area contributed by atoms with E-state index in [1.165, 1.54) is 24.3 Å². The van der Waals surface area contributed by atoms with Crippen LogP contribution in [0, 0.1) is 25.5 Å². The van der Waals surface area contributed by atoms with Gasteiger partial charge in [-0.15, -0.1) is 0 Å². The minimum absolute atomic E-state index is 0.261. The molecular weight excluding hydrogens is 829 g/mol. The first kappa shape index (κ1) is 44.9. The molecule has 2 heterocycles. The molecule has 0 radical (unpaired) electrons. The molecule has 0 atom stereocenters. The molecular formula is C60H51BF2N2O2. The fraction of sp³-hybridized carbons (Fsp3) is 0.133. The van der Waals surface area contributed by atoms with Crippen LogP contribution in [0.4, 0.5) is 8.78 Å². The molecule has 0 aliphatic carbocycles. The van der Waals surface area contributed by atoms with Crippen molar-refractivity contribution in [1.29, 1.82) is 0 Å². The van der Waals surface area contributed by atoms with Gasteiger partial charge in [0.15, 0.2) is 0 Å². The van der Waals surface area contributed by atoms with Gasteiger partial charge in [0, 0.05) is 34.6 Å². The zero-order chi connectivity index (χ0) is 46.9. The second kappa shape index (κ2) is 18.5. The van der Waals surface area contributed by atoms with Crippen molar-refractivity contribution in [2.45, 2.75) is 52.7 Å². The zero-order valence-electron chi connectivity index (χ0n) is 38.6. The lowest BCUT2D eigenvalue weighted by atomic mass is 9.79. The Balaban J connectivity index is 1.05. The molecule has 0 spiro atoms. The minimum atomic E-state index is -1.07. The Kier molecular flexibility index (Phi) is 12.4. The maximum Gasteiger partial charge on any atom is 0.309 e. The number of pyridine rings is 2. The largest absolute Gasteiger partial charge is 0.427 e. The van der Waals surface area contributed by atoms with Gasteiger partial charge in [0.05, 0.1) is 22.6 Å². The van der Waals surface area contributed by atoms with Gasteiger partial charge in [-0.05, 0) is 151 Å². The fourth-order valence-electron chi connectivity index (χ4n) is 8.43. The van der Waals surface area contributed by atoms with Gasteiger partial charge in [-0.25, -0.2) is 8.78 Å². The van der Waals surface area contributed by atoms with Crippen LogP contribution in [-0.2, 0) is 4.65 Å². The number of aliphatic hydroxyl groups is 1. The lowest BCUT2D eigenvalue weighted by Gasteiger charge is -2.37. The summed E-state index contributed by atoms with van der Waals surface area (Å²) in [6, 6.07) is 57.8. The number of nitrogens with zero attached hydrogens (tertiary/aromatic N) is 2. The quantitative estimate of drug-likeness (QED) is 0.124. The number of hydrogen-bond donors (Lipinski definition) is 1. The maximum atomic E-state index is 13.6. The zero-order valence-corrected chi connectivity index (χ0v) is 38.6. The predicted octanol–water partition coefficient (Wildman–Crippen LogP) is 14.3. The van der Waals surface area contributed by atoms with Crippen molar-refractivity contribution in [2.24, 2.45) is 0 Å². The molecule has 0 amide bonds. The summed E-state index contributed by atoms with van der Waals surface area (Å²) in [5.41, 5.74) is 17.3. The van der Waals surface area contributed by atoms with Gasteiger partial charge in [0.1, 0.15) is 11.6 Å². The van der Waals surface area contributed by atoms with Crippen LogP contribution in [0.25, 0.3) is 89.3 Å². The summed E-state index contributed by atoms with van der Waals surface area (Å²) >= 11 is 0. The molecule has 9 aromatic rings. The van der Waals surface area contributed by atoms with Crippen LogP contribution in [0.3, 0.4) is 0 Å². The first-order chi connectivity index (χ1) is 32.2. The Bertz CT molecular complexity index is 3010. The van der Waals surface area contributed by atoms with E-state index in [4.69, 9.17) is 14.6 Å². The summed E-state index contributed by atoms with van der Waals surface area (Å²) in [6.45, 7) is 11.5. The van der Waals surface area contributed by atoms with Crippen molar-refractivity contribution in [3.8, 4) is 89.3 Å². The molecule has 2 aromatic heterocycles. The third kappa shape index (κ3) is 9.66. The molecule has 7 aromatic carbocycles. The number of aromatic nitrogens is 2. The maximum absolute atomic E-state index is 13.6. The van der Waals surface area contributed by atoms with Crippen molar-refractivity contribution < 1.29 is 18.5 Å². The number of hydrogen-bond acceptors (Lipinski definition) is 4.